The fourth-order valence-electron chi connectivity index (χ4n) is 3.23. The Morgan fingerprint density at radius 1 is 1.05 bits per heavy atom. The van der Waals surface area contributed by atoms with Gasteiger partial charge in [0, 0.05) is 23.5 Å². The van der Waals surface area contributed by atoms with Crippen molar-refractivity contribution in [3.8, 4) is 0 Å². The molecule has 2 heteroatoms. The molecule has 0 aliphatic heterocycles. The Labute approximate surface area is 124 Å². The Hall–Kier alpha value is -2.19. The second kappa shape index (κ2) is 4.97. The minimum Gasteiger partial charge on any atom is -0.324 e. The van der Waals surface area contributed by atoms with E-state index in [9.17, 15) is 0 Å². The predicted octanol–water partition coefficient (Wildman–Crippen LogP) is 3.77. The molecule has 2 nitrogen and oxygen atoms in total. The van der Waals surface area contributed by atoms with Gasteiger partial charge < -0.3 is 5.73 Å². The third-order valence-corrected chi connectivity index (χ3v) is 4.37. The highest BCUT2D eigenvalue weighted by Crippen LogP contribution is 2.30. The third kappa shape index (κ3) is 2.32. The normalized spacial score (nSPS) is 17.1. The first-order valence-electron chi connectivity index (χ1n) is 7.51. The summed E-state index contributed by atoms with van der Waals surface area (Å²) in [6.45, 7) is 0. The molecule has 1 aliphatic rings. The number of fused-ring (bicyclic) bond motifs is 2. The molecule has 0 saturated carbocycles. The van der Waals surface area contributed by atoms with Gasteiger partial charge in [0.25, 0.3) is 0 Å². The first-order valence-corrected chi connectivity index (χ1v) is 7.51. The number of aromatic nitrogens is 1. The van der Waals surface area contributed by atoms with Gasteiger partial charge in [-0.15, -0.1) is 0 Å². The van der Waals surface area contributed by atoms with E-state index in [4.69, 9.17) is 10.7 Å². The number of nitrogens with zero attached hydrogens (tertiary/aromatic N) is 1. The largest absolute Gasteiger partial charge is 0.324 e. The van der Waals surface area contributed by atoms with Gasteiger partial charge in [-0.3, -0.25) is 4.98 Å². The Balaban J connectivity index is 1.65. The molecule has 4 rings (SSSR count). The molecular formula is C19H18N2. The Morgan fingerprint density at radius 2 is 1.95 bits per heavy atom. The summed E-state index contributed by atoms with van der Waals surface area (Å²) >= 11 is 0. The number of hydrogen-bond donors (Lipinski definition) is 1. The molecule has 1 heterocycles. The second-order valence-corrected chi connectivity index (χ2v) is 5.85. The highest BCUT2D eigenvalue weighted by molar-refractivity contribution is 5.78. The number of nitrogens with two attached hydrogens (primary N) is 1. The van der Waals surface area contributed by atoms with Crippen molar-refractivity contribution in [2.45, 2.75) is 25.3 Å². The van der Waals surface area contributed by atoms with Crippen LogP contribution in [-0.2, 0) is 12.8 Å². The molecule has 1 unspecified atom stereocenters. The Morgan fingerprint density at radius 3 is 2.90 bits per heavy atom. The van der Waals surface area contributed by atoms with Crippen LogP contribution in [0.1, 0.15) is 34.8 Å². The van der Waals surface area contributed by atoms with E-state index in [1.54, 1.807) is 0 Å². The van der Waals surface area contributed by atoms with E-state index < -0.39 is 0 Å². The molecule has 0 amide bonds. The lowest BCUT2D eigenvalue weighted by Crippen LogP contribution is -2.05. The average molecular weight is 274 g/mol. The third-order valence-electron chi connectivity index (χ3n) is 4.37. The van der Waals surface area contributed by atoms with E-state index in [0.29, 0.717) is 0 Å². The van der Waals surface area contributed by atoms with Crippen molar-refractivity contribution in [1.29, 1.82) is 0 Å². The maximum atomic E-state index is 6.10. The molecule has 0 radical (unpaired) electrons. The van der Waals surface area contributed by atoms with Gasteiger partial charge in [0.1, 0.15) is 0 Å². The maximum Gasteiger partial charge on any atom is 0.0705 e. The van der Waals surface area contributed by atoms with Crippen molar-refractivity contribution in [1.82, 2.24) is 4.98 Å². The van der Waals surface area contributed by atoms with E-state index in [0.717, 1.165) is 30.5 Å². The van der Waals surface area contributed by atoms with Gasteiger partial charge in [-0.2, -0.15) is 0 Å². The SMILES string of the molecule is NC1CCc2cc(Cc3ccc4ccccc4n3)ccc21. The molecule has 2 N–H and O–H groups in total. The van der Waals surface area contributed by atoms with Crippen LogP contribution in [0.15, 0.2) is 54.6 Å². The maximum absolute atomic E-state index is 6.10. The molecule has 1 aromatic heterocycles. The highest BCUT2D eigenvalue weighted by Gasteiger charge is 2.18. The Bertz CT molecular complexity index is 808. The molecule has 1 atom stereocenters. The van der Waals surface area contributed by atoms with Crippen LogP contribution in [0.2, 0.25) is 0 Å². The summed E-state index contributed by atoms with van der Waals surface area (Å²) in [5.74, 6) is 0. The Kier molecular flexibility index (Phi) is 2.97. The van der Waals surface area contributed by atoms with Crippen LogP contribution in [0.4, 0.5) is 0 Å². The van der Waals surface area contributed by atoms with Crippen molar-refractivity contribution in [3.63, 3.8) is 0 Å². The summed E-state index contributed by atoms with van der Waals surface area (Å²) in [5, 5.41) is 1.20. The fraction of sp³-hybridized carbons (Fsp3) is 0.211. The number of benzene rings is 2. The van der Waals surface area contributed by atoms with Gasteiger partial charge in [-0.25, -0.2) is 0 Å². The lowest BCUT2D eigenvalue weighted by atomic mass is 10.0. The zero-order valence-electron chi connectivity index (χ0n) is 11.9. The number of rotatable bonds is 2. The highest BCUT2D eigenvalue weighted by atomic mass is 14.7. The molecule has 3 aromatic rings. The van der Waals surface area contributed by atoms with E-state index in [-0.39, 0.29) is 6.04 Å². The van der Waals surface area contributed by atoms with Gasteiger partial charge in [-0.05, 0) is 41.7 Å². The van der Waals surface area contributed by atoms with Crippen LogP contribution in [0.5, 0.6) is 0 Å². The molecule has 0 spiro atoms. The van der Waals surface area contributed by atoms with Gasteiger partial charge in [0.2, 0.25) is 0 Å². The van der Waals surface area contributed by atoms with Crippen LogP contribution in [0.3, 0.4) is 0 Å². The van der Waals surface area contributed by atoms with Crippen molar-refractivity contribution < 1.29 is 0 Å². The topological polar surface area (TPSA) is 38.9 Å². The molecular weight excluding hydrogens is 256 g/mol. The number of hydrogen-bond acceptors (Lipinski definition) is 2. The molecule has 1 aliphatic carbocycles. The van der Waals surface area contributed by atoms with Crippen molar-refractivity contribution in [2.75, 3.05) is 0 Å². The minimum atomic E-state index is 0.229. The molecule has 0 bridgehead atoms. The molecule has 104 valence electrons. The zero-order valence-corrected chi connectivity index (χ0v) is 11.9. The summed E-state index contributed by atoms with van der Waals surface area (Å²) < 4.78 is 0. The van der Waals surface area contributed by atoms with Gasteiger partial charge in [0.15, 0.2) is 0 Å². The van der Waals surface area contributed by atoms with Crippen LogP contribution in [0, 0.1) is 0 Å². The van der Waals surface area contributed by atoms with Crippen LogP contribution in [-0.4, -0.2) is 4.98 Å². The van der Waals surface area contributed by atoms with Crippen LogP contribution < -0.4 is 5.73 Å². The molecule has 0 saturated heterocycles. The van der Waals surface area contributed by atoms with Gasteiger partial charge >= 0.3 is 0 Å². The van der Waals surface area contributed by atoms with Crippen LogP contribution in [0.25, 0.3) is 10.9 Å². The summed E-state index contributed by atoms with van der Waals surface area (Å²) in [5.41, 5.74) is 12.4. The smallest absolute Gasteiger partial charge is 0.0705 e. The van der Waals surface area contributed by atoms with Crippen molar-refractivity contribution in [2.24, 2.45) is 5.73 Å². The number of aryl methyl sites for hydroxylation is 1. The first kappa shape index (κ1) is 12.5. The molecule has 2 aromatic carbocycles. The lowest BCUT2D eigenvalue weighted by molar-refractivity contribution is 0.713. The summed E-state index contributed by atoms with van der Waals surface area (Å²) in [6, 6.07) is 19.5. The molecule has 0 fully saturated rings. The zero-order chi connectivity index (χ0) is 14.2. The average Bonchev–Trinajstić information content (AvgIpc) is 2.88. The standard InChI is InChI=1S/C19H18N2/c20-18-10-7-15-11-13(5-9-17(15)18)12-16-8-6-14-3-1-2-4-19(14)21-16/h1-6,8-9,11,18H,7,10,12,20H2. The summed E-state index contributed by atoms with van der Waals surface area (Å²) in [7, 11) is 0. The van der Waals surface area contributed by atoms with Crippen LogP contribution >= 0.6 is 0 Å². The quantitative estimate of drug-likeness (QED) is 0.772. The fourth-order valence-corrected chi connectivity index (χ4v) is 3.23. The minimum absolute atomic E-state index is 0.229. The summed E-state index contributed by atoms with van der Waals surface area (Å²) in [4.78, 5) is 4.75. The monoisotopic (exact) mass is 274 g/mol. The van der Waals surface area contributed by atoms with E-state index in [2.05, 4.69) is 42.5 Å². The van der Waals surface area contributed by atoms with Crippen molar-refractivity contribution in [3.05, 3.63) is 77.0 Å². The van der Waals surface area contributed by atoms with Crippen molar-refractivity contribution >= 4 is 10.9 Å². The number of pyridine rings is 1. The number of para-hydroxylation sites is 1. The second-order valence-electron chi connectivity index (χ2n) is 5.85. The van der Waals surface area contributed by atoms with Gasteiger partial charge in [0.05, 0.1) is 5.52 Å². The predicted molar refractivity (Wildman–Crippen MR) is 86.2 cm³/mol. The van der Waals surface area contributed by atoms with E-state index >= 15 is 0 Å². The van der Waals surface area contributed by atoms with E-state index in [1.807, 2.05) is 12.1 Å². The summed E-state index contributed by atoms with van der Waals surface area (Å²) in [6.07, 6.45) is 3.07. The lowest BCUT2D eigenvalue weighted by Gasteiger charge is -2.08. The first-order chi connectivity index (χ1) is 10.3. The van der Waals surface area contributed by atoms with E-state index in [1.165, 1.54) is 22.1 Å². The van der Waals surface area contributed by atoms with Gasteiger partial charge in [-0.1, -0.05) is 42.5 Å². The molecule has 21 heavy (non-hydrogen) atoms.